The first-order valence-electron chi connectivity index (χ1n) is 11.0. The van der Waals surface area contributed by atoms with Crippen molar-refractivity contribution in [3.05, 3.63) is 70.1 Å². The van der Waals surface area contributed by atoms with Crippen molar-refractivity contribution in [2.24, 2.45) is 0 Å². The van der Waals surface area contributed by atoms with E-state index in [9.17, 15) is 4.79 Å². The van der Waals surface area contributed by atoms with Gasteiger partial charge in [0.1, 0.15) is 5.65 Å². The molecule has 1 unspecified atom stereocenters. The molecule has 0 saturated carbocycles. The SMILES string of the molecule is O=C(c1nc2ccc(Cl)cn2c1CNCC1CCCCO1)N1CCc2ccccc2C1. The minimum absolute atomic E-state index is 0.0277. The highest BCUT2D eigenvalue weighted by Gasteiger charge is 2.27. The van der Waals surface area contributed by atoms with Gasteiger partial charge in [0.15, 0.2) is 5.69 Å². The monoisotopic (exact) mass is 438 g/mol. The van der Waals surface area contributed by atoms with Gasteiger partial charge in [0.2, 0.25) is 0 Å². The number of fused-ring (bicyclic) bond motifs is 2. The number of imidazole rings is 1. The second-order valence-electron chi connectivity index (χ2n) is 8.35. The van der Waals surface area contributed by atoms with Crippen molar-refractivity contribution >= 4 is 23.2 Å². The summed E-state index contributed by atoms with van der Waals surface area (Å²) in [6.45, 7) is 3.45. The quantitative estimate of drug-likeness (QED) is 0.657. The van der Waals surface area contributed by atoms with Gasteiger partial charge in [-0.05, 0) is 48.9 Å². The Hall–Kier alpha value is -2.41. The van der Waals surface area contributed by atoms with E-state index >= 15 is 0 Å². The van der Waals surface area contributed by atoms with Crippen molar-refractivity contribution in [3.8, 4) is 0 Å². The van der Waals surface area contributed by atoms with E-state index in [0.29, 0.717) is 30.4 Å². The highest BCUT2D eigenvalue weighted by molar-refractivity contribution is 6.30. The molecule has 1 saturated heterocycles. The van der Waals surface area contributed by atoms with Crippen molar-refractivity contribution in [2.45, 2.75) is 44.9 Å². The minimum atomic E-state index is -0.0277. The summed E-state index contributed by atoms with van der Waals surface area (Å²) in [4.78, 5) is 20.1. The zero-order valence-corrected chi connectivity index (χ0v) is 18.3. The van der Waals surface area contributed by atoms with Crippen molar-refractivity contribution < 1.29 is 9.53 Å². The summed E-state index contributed by atoms with van der Waals surface area (Å²) in [6, 6.07) is 12.0. The smallest absolute Gasteiger partial charge is 0.274 e. The zero-order valence-electron chi connectivity index (χ0n) is 17.5. The lowest BCUT2D eigenvalue weighted by Gasteiger charge is -2.28. The third-order valence-electron chi connectivity index (χ3n) is 6.24. The van der Waals surface area contributed by atoms with E-state index in [-0.39, 0.29) is 12.0 Å². The Morgan fingerprint density at radius 2 is 2.06 bits per heavy atom. The molecule has 1 fully saturated rings. The van der Waals surface area contributed by atoms with E-state index in [1.807, 2.05) is 33.7 Å². The Bertz CT molecular complexity index is 1090. The molecule has 2 aromatic heterocycles. The lowest BCUT2D eigenvalue weighted by atomic mass is 9.99. The standard InChI is InChI=1S/C24H27ClN4O2/c25-19-8-9-22-27-23(24(30)28-11-10-17-5-1-2-6-18(17)15-28)21(29(22)16-19)14-26-13-20-7-3-4-12-31-20/h1-2,5-6,8-9,16,20,26H,3-4,7,10-15H2. The van der Waals surface area contributed by atoms with Crippen LogP contribution in [0.25, 0.3) is 5.65 Å². The molecular formula is C24H27ClN4O2. The second-order valence-corrected chi connectivity index (χ2v) is 8.78. The number of pyridine rings is 1. The highest BCUT2D eigenvalue weighted by Crippen LogP contribution is 2.23. The van der Waals surface area contributed by atoms with Gasteiger partial charge in [-0.3, -0.25) is 4.79 Å². The molecule has 2 aliphatic rings. The molecule has 5 rings (SSSR count). The van der Waals surface area contributed by atoms with Crippen LogP contribution in [0.4, 0.5) is 0 Å². The van der Waals surface area contributed by atoms with E-state index in [0.717, 1.165) is 43.8 Å². The molecule has 2 aliphatic heterocycles. The molecule has 1 aromatic carbocycles. The summed E-state index contributed by atoms with van der Waals surface area (Å²) < 4.78 is 7.76. The van der Waals surface area contributed by atoms with E-state index in [2.05, 4.69) is 23.5 Å². The molecule has 1 atom stereocenters. The van der Waals surface area contributed by atoms with E-state index in [4.69, 9.17) is 21.3 Å². The molecule has 0 aliphatic carbocycles. The fraction of sp³-hybridized carbons (Fsp3) is 0.417. The average Bonchev–Trinajstić information content (AvgIpc) is 3.16. The van der Waals surface area contributed by atoms with Gasteiger partial charge >= 0.3 is 0 Å². The highest BCUT2D eigenvalue weighted by atomic mass is 35.5. The molecular weight excluding hydrogens is 412 g/mol. The Kier molecular flexibility index (Phi) is 5.94. The summed E-state index contributed by atoms with van der Waals surface area (Å²) in [7, 11) is 0. The van der Waals surface area contributed by atoms with Crippen LogP contribution >= 0.6 is 11.6 Å². The number of halogens is 1. The second kappa shape index (κ2) is 8.99. The first-order chi connectivity index (χ1) is 15.2. The number of benzene rings is 1. The first-order valence-corrected chi connectivity index (χ1v) is 11.4. The van der Waals surface area contributed by atoms with Crippen LogP contribution in [-0.2, 0) is 24.2 Å². The van der Waals surface area contributed by atoms with Crippen molar-refractivity contribution in [1.29, 1.82) is 0 Å². The minimum Gasteiger partial charge on any atom is -0.377 e. The fourth-order valence-electron chi connectivity index (χ4n) is 4.55. The number of hydrogen-bond donors (Lipinski definition) is 1. The van der Waals surface area contributed by atoms with Crippen LogP contribution in [0.2, 0.25) is 5.02 Å². The molecule has 7 heteroatoms. The zero-order chi connectivity index (χ0) is 21.2. The van der Waals surface area contributed by atoms with Gasteiger partial charge < -0.3 is 19.4 Å². The van der Waals surface area contributed by atoms with Gasteiger partial charge in [-0.25, -0.2) is 4.98 Å². The van der Waals surface area contributed by atoms with Crippen LogP contribution in [0.5, 0.6) is 0 Å². The van der Waals surface area contributed by atoms with E-state index in [1.165, 1.54) is 17.5 Å². The number of hydrogen-bond acceptors (Lipinski definition) is 4. The van der Waals surface area contributed by atoms with Gasteiger partial charge in [-0.1, -0.05) is 35.9 Å². The number of nitrogens with one attached hydrogen (secondary N) is 1. The number of ether oxygens (including phenoxy) is 1. The maximum absolute atomic E-state index is 13.5. The molecule has 4 heterocycles. The fourth-order valence-corrected chi connectivity index (χ4v) is 4.71. The number of nitrogens with zero attached hydrogens (tertiary/aromatic N) is 3. The number of aromatic nitrogens is 2. The Morgan fingerprint density at radius 3 is 2.90 bits per heavy atom. The predicted octanol–water partition coefficient (Wildman–Crippen LogP) is 3.84. The van der Waals surface area contributed by atoms with Crippen LogP contribution in [-0.4, -0.2) is 46.0 Å². The van der Waals surface area contributed by atoms with Crippen molar-refractivity contribution in [1.82, 2.24) is 19.6 Å². The van der Waals surface area contributed by atoms with Crippen molar-refractivity contribution in [2.75, 3.05) is 19.7 Å². The summed E-state index contributed by atoms with van der Waals surface area (Å²) in [5, 5.41) is 4.10. The lowest BCUT2D eigenvalue weighted by molar-refractivity contribution is 0.0167. The Morgan fingerprint density at radius 1 is 1.19 bits per heavy atom. The van der Waals surface area contributed by atoms with Crippen LogP contribution in [0.3, 0.4) is 0 Å². The molecule has 1 amide bonds. The molecule has 0 bridgehead atoms. The van der Waals surface area contributed by atoms with Crippen LogP contribution in [0.15, 0.2) is 42.6 Å². The van der Waals surface area contributed by atoms with Crippen molar-refractivity contribution in [3.63, 3.8) is 0 Å². The summed E-state index contributed by atoms with van der Waals surface area (Å²) in [5.41, 5.74) is 4.61. The van der Waals surface area contributed by atoms with Gasteiger partial charge in [0.05, 0.1) is 16.8 Å². The third kappa shape index (κ3) is 4.33. The molecule has 1 N–H and O–H groups in total. The molecule has 0 radical (unpaired) electrons. The van der Waals surface area contributed by atoms with Gasteiger partial charge in [-0.15, -0.1) is 0 Å². The molecule has 6 nitrogen and oxygen atoms in total. The largest absolute Gasteiger partial charge is 0.377 e. The molecule has 162 valence electrons. The number of carbonyl (C=O) groups is 1. The first kappa shape index (κ1) is 20.5. The Balaban J connectivity index is 1.39. The normalized spacial score (nSPS) is 18.9. The number of carbonyl (C=O) groups excluding carboxylic acids is 1. The maximum atomic E-state index is 13.5. The predicted molar refractivity (Wildman–Crippen MR) is 120 cm³/mol. The third-order valence-corrected chi connectivity index (χ3v) is 6.46. The summed E-state index contributed by atoms with van der Waals surface area (Å²) >= 11 is 6.26. The van der Waals surface area contributed by atoms with Crippen LogP contribution in [0.1, 0.15) is 46.6 Å². The van der Waals surface area contributed by atoms with Gasteiger partial charge in [0, 0.05) is 39.0 Å². The van der Waals surface area contributed by atoms with Crippen LogP contribution < -0.4 is 5.32 Å². The summed E-state index contributed by atoms with van der Waals surface area (Å²) in [5.74, 6) is -0.0277. The molecule has 0 spiro atoms. The molecule has 3 aromatic rings. The lowest BCUT2D eigenvalue weighted by Crippen LogP contribution is -2.37. The van der Waals surface area contributed by atoms with Gasteiger partial charge in [0.25, 0.3) is 5.91 Å². The maximum Gasteiger partial charge on any atom is 0.274 e. The van der Waals surface area contributed by atoms with Crippen LogP contribution in [0, 0.1) is 0 Å². The average molecular weight is 439 g/mol. The van der Waals surface area contributed by atoms with E-state index in [1.54, 1.807) is 0 Å². The topological polar surface area (TPSA) is 58.9 Å². The summed E-state index contributed by atoms with van der Waals surface area (Å²) in [6.07, 6.45) is 6.35. The van der Waals surface area contributed by atoms with E-state index < -0.39 is 0 Å². The molecule has 31 heavy (non-hydrogen) atoms. The number of rotatable bonds is 5. The number of amides is 1. The van der Waals surface area contributed by atoms with Gasteiger partial charge in [-0.2, -0.15) is 0 Å². The Labute approximate surface area is 187 Å².